The third-order valence-electron chi connectivity index (χ3n) is 5.20. The summed E-state index contributed by atoms with van der Waals surface area (Å²) in [5.74, 6) is -1.63. The molecule has 116 valence electrons. The molecule has 3 rings (SSSR count). The van der Waals surface area contributed by atoms with Crippen LogP contribution in [0.3, 0.4) is 0 Å². The highest BCUT2D eigenvalue weighted by atomic mass is 16.4. The number of carbonyl (C=O) groups excluding carboxylic acids is 1. The molecular weight excluding hydrogens is 268 g/mol. The van der Waals surface area contributed by atoms with E-state index in [-0.39, 0.29) is 23.7 Å². The molecule has 1 saturated heterocycles. The fraction of sp³-hybridized carbons (Fsp3) is 0.750. The van der Waals surface area contributed by atoms with Gasteiger partial charge in [0.25, 0.3) is 0 Å². The Labute approximate surface area is 125 Å². The van der Waals surface area contributed by atoms with Crippen LogP contribution in [0.2, 0.25) is 0 Å². The van der Waals surface area contributed by atoms with Crippen LogP contribution in [0.1, 0.15) is 25.7 Å². The van der Waals surface area contributed by atoms with Gasteiger partial charge in [0.1, 0.15) is 0 Å². The maximum atomic E-state index is 12.3. The highest BCUT2D eigenvalue weighted by Crippen LogP contribution is 2.48. The molecule has 1 amide bonds. The average molecular weight is 292 g/mol. The maximum Gasteiger partial charge on any atom is 0.307 e. The lowest BCUT2D eigenvalue weighted by Crippen LogP contribution is -2.41. The predicted molar refractivity (Wildman–Crippen MR) is 78.7 cm³/mol. The number of aliphatic carboxylic acids is 1. The zero-order valence-electron chi connectivity index (χ0n) is 12.3. The number of nitrogens with zero attached hydrogens (tertiary/aromatic N) is 1. The molecule has 1 saturated carbocycles. The minimum absolute atomic E-state index is 0.0489. The van der Waals surface area contributed by atoms with Gasteiger partial charge >= 0.3 is 5.97 Å². The van der Waals surface area contributed by atoms with Crippen molar-refractivity contribution in [3.63, 3.8) is 0 Å². The standard InChI is InChI=1S/C16H24N2O3/c19-15(17-6-3-9-18-7-1-2-8-18)13-11-4-5-12(10-11)14(13)16(20)21/h4-5,11-14H,1-3,6-10H2,(H,17,19)(H,20,21). The molecular formula is C16H24N2O3. The largest absolute Gasteiger partial charge is 0.481 e. The van der Waals surface area contributed by atoms with Crippen molar-refractivity contribution in [1.82, 2.24) is 10.2 Å². The summed E-state index contributed by atoms with van der Waals surface area (Å²) in [5.41, 5.74) is 0. The molecule has 1 heterocycles. The highest BCUT2D eigenvalue weighted by Gasteiger charge is 2.51. The number of carboxylic acids is 1. The van der Waals surface area contributed by atoms with Crippen LogP contribution < -0.4 is 5.32 Å². The SMILES string of the molecule is O=C(O)C1C2C=CC(C2)C1C(=O)NCCCN1CCCC1. The number of nitrogens with one attached hydrogen (secondary N) is 1. The van der Waals surface area contributed by atoms with Crippen LogP contribution in [0.25, 0.3) is 0 Å². The van der Waals surface area contributed by atoms with Gasteiger partial charge in [0.2, 0.25) is 5.91 Å². The monoisotopic (exact) mass is 292 g/mol. The Kier molecular flexibility index (Phi) is 4.29. The first-order valence-electron chi connectivity index (χ1n) is 8.08. The van der Waals surface area contributed by atoms with Crippen LogP contribution in [0, 0.1) is 23.7 Å². The molecule has 0 aromatic heterocycles. The minimum Gasteiger partial charge on any atom is -0.481 e. The molecule has 0 aromatic rings. The lowest BCUT2D eigenvalue weighted by molar-refractivity contribution is -0.147. The van der Waals surface area contributed by atoms with Crippen molar-refractivity contribution >= 4 is 11.9 Å². The van der Waals surface area contributed by atoms with Crippen LogP contribution >= 0.6 is 0 Å². The number of carbonyl (C=O) groups is 2. The molecule has 2 aliphatic carbocycles. The molecule has 1 aliphatic heterocycles. The predicted octanol–water partition coefficient (Wildman–Crippen LogP) is 1.11. The first-order chi connectivity index (χ1) is 10.2. The lowest BCUT2D eigenvalue weighted by atomic mass is 9.82. The van der Waals surface area contributed by atoms with E-state index in [9.17, 15) is 14.7 Å². The Bertz CT molecular complexity index is 443. The van der Waals surface area contributed by atoms with Crippen molar-refractivity contribution in [2.45, 2.75) is 25.7 Å². The molecule has 0 radical (unpaired) electrons. The Morgan fingerprint density at radius 3 is 2.48 bits per heavy atom. The quantitative estimate of drug-likeness (QED) is 0.568. The van der Waals surface area contributed by atoms with Crippen LogP contribution in [0.15, 0.2) is 12.2 Å². The van der Waals surface area contributed by atoms with Gasteiger partial charge in [0, 0.05) is 6.54 Å². The molecule has 0 spiro atoms. The second-order valence-corrected chi connectivity index (χ2v) is 6.53. The topological polar surface area (TPSA) is 69.6 Å². The van der Waals surface area contributed by atoms with E-state index in [1.54, 1.807) is 0 Å². The van der Waals surface area contributed by atoms with Crippen LogP contribution in [0.5, 0.6) is 0 Å². The number of hydrogen-bond donors (Lipinski definition) is 2. The van der Waals surface area contributed by atoms with E-state index in [0.29, 0.717) is 6.54 Å². The Balaban J connectivity index is 1.46. The zero-order chi connectivity index (χ0) is 14.8. The summed E-state index contributed by atoms with van der Waals surface area (Å²) in [6, 6.07) is 0. The van der Waals surface area contributed by atoms with E-state index < -0.39 is 11.9 Å². The summed E-state index contributed by atoms with van der Waals surface area (Å²) in [6.45, 7) is 4.02. The summed E-state index contributed by atoms with van der Waals surface area (Å²) < 4.78 is 0. The van der Waals surface area contributed by atoms with Gasteiger partial charge in [-0.15, -0.1) is 0 Å². The van der Waals surface area contributed by atoms with Crippen molar-refractivity contribution in [3.8, 4) is 0 Å². The van der Waals surface area contributed by atoms with E-state index in [1.165, 1.54) is 25.9 Å². The first-order valence-corrected chi connectivity index (χ1v) is 8.08. The molecule has 21 heavy (non-hydrogen) atoms. The van der Waals surface area contributed by atoms with Gasteiger partial charge in [0.15, 0.2) is 0 Å². The van der Waals surface area contributed by atoms with Crippen molar-refractivity contribution in [3.05, 3.63) is 12.2 Å². The van der Waals surface area contributed by atoms with Crippen LogP contribution in [0.4, 0.5) is 0 Å². The van der Waals surface area contributed by atoms with Crippen molar-refractivity contribution in [1.29, 1.82) is 0 Å². The number of carboxylic acid groups (broad SMARTS) is 1. The van der Waals surface area contributed by atoms with E-state index in [1.807, 2.05) is 12.2 Å². The van der Waals surface area contributed by atoms with E-state index >= 15 is 0 Å². The molecule has 5 heteroatoms. The number of likely N-dealkylation sites (tertiary alicyclic amines) is 1. The molecule has 2 bridgehead atoms. The van der Waals surface area contributed by atoms with Crippen molar-refractivity contribution in [2.75, 3.05) is 26.2 Å². The molecule has 2 fully saturated rings. The lowest BCUT2D eigenvalue weighted by Gasteiger charge is -2.24. The number of hydrogen-bond acceptors (Lipinski definition) is 3. The summed E-state index contributed by atoms with van der Waals surface area (Å²) in [5, 5.41) is 12.3. The maximum absolute atomic E-state index is 12.3. The van der Waals surface area contributed by atoms with Crippen LogP contribution in [-0.4, -0.2) is 48.1 Å². The van der Waals surface area contributed by atoms with Gasteiger partial charge in [-0.3, -0.25) is 9.59 Å². The third kappa shape index (κ3) is 2.98. The zero-order valence-corrected chi connectivity index (χ0v) is 12.3. The molecule has 3 aliphatic rings. The van der Waals surface area contributed by atoms with Gasteiger partial charge in [-0.2, -0.15) is 0 Å². The number of amides is 1. The van der Waals surface area contributed by atoms with Crippen molar-refractivity contribution < 1.29 is 14.7 Å². The summed E-state index contributed by atoms with van der Waals surface area (Å²) in [6.07, 6.45) is 8.33. The second kappa shape index (κ2) is 6.18. The number of allylic oxidation sites excluding steroid dienone is 2. The fourth-order valence-corrected chi connectivity index (χ4v) is 4.15. The first kappa shape index (κ1) is 14.6. The van der Waals surface area contributed by atoms with E-state index in [4.69, 9.17) is 0 Å². The Morgan fingerprint density at radius 1 is 1.14 bits per heavy atom. The highest BCUT2D eigenvalue weighted by molar-refractivity contribution is 5.86. The van der Waals surface area contributed by atoms with Crippen molar-refractivity contribution in [2.24, 2.45) is 23.7 Å². The van der Waals surface area contributed by atoms with Gasteiger partial charge in [-0.25, -0.2) is 0 Å². The fourth-order valence-electron chi connectivity index (χ4n) is 4.15. The number of rotatable bonds is 6. The average Bonchev–Trinajstić information content (AvgIpc) is 3.18. The summed E-state index contributed by atoms with van der Waals surface area (Å²) >= 11 is 0. The smallest absolute Gasteiger partial charge is 0.307 e. The van der Waals surface area contributed by atoms with E-state index in [0.717, 1.165) is 19.4 Å². The van der Waals surface area contributed by atoms with Gasteiger partial charge in [-0.1, -0.05) is 12.2 Å². The summed E-state index contributed by atoms with van der Waals surface area (Å²) in [7, 11) is 0. The third-order valence-corrected chi connectivity index (χ3v) is 5.20. The van der Waals surface area contributed by atoms with Crippen LogP contribution in [-0.2, 0) is 9.59 Å². The van der Waals surface area contributed by atoms with Gasteiger partial charge < -0.3 is 15.3 Å². The molecule has 4 atom stereocenters. The number of fused-ring (bicyclic) bond motifs is 2. The van der Waals surface area contributed by atoms with Gasteiger partial charge in [0.05, 0.1) is 11.8 Å². The normalized spacial score (nSPS) is 34.5. The Hall–Kier alpha value is -1.36. The molecule has 2 N–H and O–H groups in total. The van der Waals surface area contributed by atoms with Gasteiger partial charge in [-0.05, 0) is 57.2 Å². The minimum atomic E-state index is -0.830. The Morgan fingerprint density at radius 2 is 1.81 bits per heavy atom. The molecule has 0 aromatic carbocycles. The summed E-state index contributed by atoms with van der Waals surface area (Å²) in [4.78, 5) is 26.1. The van der Waals surface area contributed by atoms with E-state index in [2.05, 4.69) is 10.2 Å². The molecule has 4 unspecified atom stereocenters. The second-order valence-electron chi connectivity index (χ2n) is 6.53. The molecule has 5 nitrogen and oxygen atoms in total.